The molecule has 3 rings (SSSR count). The van der Waals surface area contributed by atoms with Crippen LogP contribution in [-0.4, -0.2) is 13.0 Å². The molecule has 0 aliphatic carbocycles. The number of rotatable bonds is 4. The third kappa shape index (κ3) is 2.78. The van der Waals surface area contributed by atoms with E-state index in [1.165, 1.54) is 0 Å². The van der Waals surface area contributed by atoms with E-state index in [0.29, 0.717) is 22.9 Å². The van der Waals surface area contributed by atoms with E-state index in [2.05, 4.69) is 5.32 Å². The Morgan fingerprint density at radius 3 is 2.82 bits per heavy atom. The minimum Gasteiger partial charge on any atom is -0.493 e. The van der Waals surface area contributed by atoms with Crippen molar-refractivity contribution in [3.05, 3.63) is 64.9 Å². The minimum atomic E-state index is -0.293. The molecule has 1 amide bonds. The SMILES string of the molecule is COc1cccc2cc(C(=O)NCc3ccccc3Cl)oc12. The van der Waals surface area contributed by atoms with Crippen LogP contribution in [0.25, 0.3) is 11.0 Å². The van der Waals surface area contributed by atoms with Crippen molar-refractivity contribution in [3.63, 3.8) is 0 Å². The molecule has 0 radical (unpaired) electrons. The number of furan rings is 1. The zero-order valence-electron chi connectivity index (χ0n) is 11.9. The van der Waals surface area contributed by atoms with Crippen LogP contribution in [0, 0.1) is 0 Å². The lowest BCUT2D eigenvalue weighted by molar-refractivity contribution is 0.0925. The van der Waals surface area contributed by atoms with Crippen molar-refractivity contribution in [2.45, 2.75) is 6.54 Å². The number of carbonyl (C=O) groups is 1. The van der Waals surface area contributed by atoms with Crippen LogP contribution in [-0.2, 0) is 6.54 Å². The van der Waals surface area contributed by atoms with Gasteiger partial charge in [-0.2, -0.15) is 0 Å². The Morgan fingerprint density at radius 1 is 1.23 bits per heavy atom. The predicted molar refractivity (Wildman–Crippen MR) is 85.4 cm³/mol. The highest BCUT2D eigenvalue weighted by molar-refractivity contribution is 6.31. The summed E-state index contributed by atoms with van der Waals surface area (Å²) in [5, 5.41) is 4.24. The highest BCUT2D eigenvalue weighted by Gasteiger charge is 2.14. The summed E-state index contributed by atoms with van der Waals surface area (Å²) < 4.78 is 10.8. The van der Waals surface area contributed by atoms with Crippen LogP contribution in [0.1, 0.15) is 16.1 Å². The molecule has 1 N–H and O–H groups in total. The van der Waals surface area contributed by atoms with E-state index >= 15 is 0 Å². The topological polar surface area (TPSA) is 51.5 Å². The first-order valence-corrected chi connectivity index (χ1v) is 7.15. The number of fused-ring (bicyclic) bond motifs is 1. The third-order valence-electron chi connectivity index (χ3n) is 3.35. The van der Waals surface area contributed by atoms with E-state index in [1.807, 2.05) is 30.3 Å². The smallest absolute Gasteiger partial charge is 0.287 e. The van der Waals surface area contributed by atoms with Gasteiger partial charge in [-0.1, -0.05) is 41.9 Å². The number of carbonyl (C=O) groups excluding carboxylic acids is 1. The molecule has 0 aliphatic heterocycles. The standard InChI is InChI=1S/C17H14ClNO3/c1-21-14-8-4-6-11-9-15(22-16(11)14)17(20)19-10-12-5-2-3-7-13(12)18/h2-9H,10H2,1H3,(H,19,20). The van der Waals surface area contributed by atoms with Crippen molar-refractivity contribution < 1.29 is 13.9 Å². The summed E-state index contributed by atoms with van der Waals surface area (Å²) in [5.41, 5.74) is 1.42. The summed E-state index contributed by atoms with van der Waals surface area (Å²) in [6, 6.07) is 14.6. The molecule has 112 valence electrons. The Hall–Kier alpha value is -2.46. The molecule has 5 heteroatoms. The Kier molecular flexibility index (Phi) is 4.02. The van der Waals surface area contributed by atoms with E-state index in [4.69, 9.17) is 20.8 Å². The Labute approximate surface area is 132 Å². The lowest BCUT2D eigenvalue weighted by Crippen LogP contribution is -2.22. The van der Waals surface area contributed by atoms with Crippen molar-refractivity contribution in [1.82, 2.24) is 5.32 Å². The highest BCUT2D eigenvalue weighted by Crippen LogP contribution is 2.28. The van der Waals surface area contributed by atoms with Crippen molar-refractivity contribution in [2.75, 3.05) is 7.11 Å². The molecule has 0 aliphatic rings. The van der Waals surface area contributed by atoms with Crippen LogP contribution < -0.4 is 10.1 Å². The van der Waals surface area contributed by atoms with Gasteiger partial charge in [0.25, 0.3) is 5.91 Å². The fourth-order valence-corrected chi connectivity index (χ4v) is 2.42. The first-order chi connectivity index (χ1) is 10.7. The molecule has 0 bridgehead atoms. The first-order valence-electron chi connectivity index (χ1n) is 6.77. The fourth-order valence-electron chi connectivity index (χ4n) is 2.21. The zero-order chi connectivity index (χ0) is 15.5. The van der Waals surface area contributed by atoms with Crippen LogP contribution in [0.2, 0.25) is 5.02 Å². The summed E-state index contributed by atoms with van der Waals surface area (Å²) in [6.07, 6.45) is 0. The summed E-state index contributed by atoms with van der Waals surface area (Å²) >= 11 is 6.07. The van der Waals surface area contributed by atoms with Gasteiger partial charge in [0, 0.05) is 17.0 Å². The molecule has 22 heavy (non-hydrogen) atoms. The second kappa shape index (κ2) is 6.12. The molecule has 2 aromatic carbocycles. The van der Waals surface area contributed by atoms with Crippen LogP contribution >= 0.6 is 11.6 Å². The van der Waals surface area contributed by atoms with E-state index in [0.717, 1.165) is 10.9 Å². The number of ether oxygens (including phenoxy) is 1. The molecule has 1 heterocycles. The average Bonchev–Trinajstić information content (AvgIpc) is 2.98. The number of benzene rings is 2. The molecule has 0 fully saturated rings. The maximum absolute atomic E-state index is 12.2. The van der Waals surface area contributed by atoms with Gasteiger partial charge >= 0.3 is 0 Å². The van der Waals surface area contributed by atoms with Gasteiger partial charge in [0.05, 0.1) is 7.11 Å². The second-order valence-electron chi connectivity index (χ2n) is 4.76. The molecule has 0 atom stereocenters. The number of halogens is 1. The van der Waals surface area contributed by atoms with Crippen molar-refractivity contribution in [1.29, 1.82) is 0 Å². The number of hydrogen-bond acceptors (Lipinski definition) is 3. The van der Waals surface area contributed by atoms with E-state index in [-0.39, 0.29) is 11.7 Å². The molecule has 0 unspecified atom stereocenters. The van der Waals surface area contributed by atoms with Crippen molar-refractivity contribution >= 4 is 28.5 Å². The minimum absolute atomic E-state index is 0.242. The quantitative estimate of drug-likeness (QED) is 0.791. The Balaban J connectivity index is 1.79. The van der Waals surface area contributed by atoms with Crippen LogP contribution in [0.5, 0.6) is 5.75 Å². The molecular formula is C17H14ClNO3. The number of hydrogen-bond donors (Lipinski definition) is 1. The van der Waals surface area contributed by atoms with Gasteiger partial charge in [0.2, 0.25) is 0 Å². The summed E-state index contributed by atoms with van der Waals surface area (Å²) in [6.45, 7) is 0.340. The normalized spacial score (nSPS) is 10.6. The van der Waals surface area contributed by atoms with E-state index < -0.39 is 0 Å². The highest BCUT2D eigenvalue weighted by atomic mass is 35.5. The number of amides is 1. The van der Waals surface area contributed by atoms with Gasteiger partial charge in [0.15, 0.2) is 17.1 Å². The van der Waals surface area contributed by atoms with Crippen LogP contribution in [0.3, 0.4) is 0 Å². The predicted octanol–water partition coefficient (Wildman–Crippen LogP) is 4.02. The average molecular weight is 316 g/mol. The van der Waals surface area contributed by atoms with Crippen LogP contribution in [0.15, 0.2) is 52.9 Å². The van der Waals surface area contributed by atoms with Crippen LogP contribution in [0.4, 0.5) is 0 Å². The van der Waals surface area contributed by atoms with Gasteiger partial charge in [-0.15, -0.1) is 0 Å². The third-order valence-corrected chi connectivity index (χ3v) is 3.72. The van der Waals surface area contributed by atoms with Gasteiger partial charge in [-0.25, -0.2) is 0 Å². The number of nitrogens with one attached hydrogen (secondary N) is 1. The zero-order valence-corrected chi connectivity index (χ0v) is 12.7. The van der Waals surface area contributed by atoms with E-state index in [1.54, 1.807) is 25.3 Å². The van der Waals surface area contributed by atoms with Gasteiger partial charge < -0.3 is 14.5 Å². The summed E-state index contributed by atoms with van der Waals surface area (Å²) in [5.74, 6) is 0.549. The number of methoxy groups -OCH3 is 1. The monoisotopic (exact) mass is 315 g/mol. The van der Waals surface area contributed by atoms with Crippen molar-refractivity contribution in [3.8, 4) is 5.75 Å². The van der Waals surface area contributed by atoms with Gasteiger partial charge in [0.1, 0.15) is 0 Å². The lowest BCUT2D eigenvalue weighted by Gasteiger charge is -2.05. The second-order valence-corrected chi connectivity index (χ2v) is 5.17. The molecular weight excluding hydrogens is 302 g/mol. The largest absolute Gasteiger partial charge is 0.493 e. The molecule has 3 aromatic rings. The lowest BCUT2D eigenvalue weighted by atomic mass is 10.2. The fraction of sp³-hybridized carbons (Fsp3) is 0.118. The van der Waals surface area contributed by atoms with E-state index in [9.17, 15) is 4.79 Å². The maximum Gasteiger partial charge on any atom is 0.287 e. The van der Waals surface area contributed by atoms with Gasteiger partial charge in [-0.3, -0.25) is 4.79 Å². The Bertz CT molecular complexity index is 826. The number of para-hydroxylation sites is 1. The molecule has 0 spiro atoms. The molecule has 0 saturated heterocycles. The summed E-state index contributed by atoms with van der Waals surface area (Å²) in [7, 11) is 1.56. The summed E-state index contributed by atoms with van der Waals surface area (Å²) in [4.78, 5) is 12.2. The molecule has 1 aromatic heterocycles. The van der Waals surface area contributed by atoms with Gasteiger partial charge in [-0.05, 0) is 23.8 Å². The Morgan fingerprint density at radius 2 is 2.05 bits per heavy atom. The molecule has 0 saturated carbocycles. The van der Waals surface area contributed by atoms with Crippen molar-refractivity contribution in [2.24, 2.45) is 0 Å². The molecule has 4 nitrogen and oxygen atoms in total. The maximum atomic E-state index is 12.2. The first kappa shape index (κ1) is 14.5.